The van der Waals surface area contributed by atoms with Gasteiger partial charge in [0.05, 0.1) is 11.8 Å². The Balaban J connectivity index is 1.39. The molecule has 0 radical (unpaired) electrons. The number of imide groups is 1. The Bertz CT molecular complexity index is 1040. The number of hydrogen-bond donors (Lipinski definition) is 2. The highest BCUT2D eigenvalue weighted by Gasteiger charge is 2.58. The first kappa shape index (κ1) is 20.8. The molecule has 1 aromatic carbocycles. The molecule has 2 bridgehead atoms. The van der Waals surface area contributed by atoms with Crippen LogP contribution >= 0.6 is 11.3 Å². The van der Waals surface area contributed by atoms with E-state index in [0.717, 1.165) is 29.8 Å². The second-order valence-electron chi connectivity index (χ2n) is 8.55. The van der Waals surface area contributed by atoms with Crippen LogP contribution in [0.25, 0.3) is 0 Å². The van der Waals surface area contributed by atoms with Crippen molar-refractivity contribution in [3.8, 4) is 0 Å². The van der Waals surface area contributed by atoms with Gasteiger partial charge in [0.1, 0.15) is 11.2 Å². The highest BCUT2D eigenvalue weighted by molar-refractivity contribution is 7.15. The maximum Gasteiger partial charge on any atom is 0.322 e. The molecule has 9 heteroatoms. The average molecular weight is 452 g/mol. The van der Waals surface area contributed by atoms with Crippen molar-refractivity contribution in [2.45, 2.75) is 38.8 Å². The van der Waals surface area contributed by atoms with Crippen LogP contribution in [0.15, 0.2) is 42.5 Å². The van der Waals surface area contributed by atoms with E-state index in [-0.39, 0.29) is 35.5 Å². The summed E-state index contributed by atoms with van der Waals surface area (Å²) < 4.78 is 0. The Kier molecular flexibility index (Phi) is 5.50. The number of allylic oxidation sites excluding steroid dienone is 2. The lowest BCUT2D eigenvalue weighted by molar-refractivity contribution is -0.143. The minimum atomic E-state index is -0.777. The summed E-state index contributed by atoms with van der Waals surface area (Å²) in [6, 6.07) is 9.04. The van der Waals surface area contributed by atoms with Crippen LogP contribution in [-0.2, 0) is 22.4 Å². The lowest BCUT2D eigenvalue weighted by Crippen LogP contribution is -2.53. The Hall–Kier alpha value is -3.07. The first-order valence-corrected chi connectivity index (χ1v) is 11.9. The van der Waals surface area contributed by atoms with E-state index in [2.05, 4.69) is 33.0 Å². The van der Waals surface area contributed by atoms with Crippen molar-refractivity contribution >= 4 is 34.3 Å². The summed E-state index contributed by atoms with van der Waals surface area (Å²) in [5, 5.41) is 14.7. The topological polar surface area (TPSA) is 104 Å². The number of anilines is 1. The minimum absolute atomic E-state index is 0.103. The summed E-state index contributed by atoms with van der Waals surface area (Å²) in [5.74, 6) is -0.777. The number of fused-ring (bicyclic) bond motifs is 1. The summed E-state index contributed by atoms with van der Waals surface area (Å²) in [6.45, 7) is 1.96. The van der Waals surface area contributed by atoms with Crippen molar-refractivity contribution in [3.05, 3.63) is 53.1 Å². The molecule has 166 valence electrons. The molecule has 1 saturated heterocycles. The summed E-state index contributed by atoms with van der Waals surface area (Å²) in [7, 11) is 0. The number of carbonyl (C=O) groups excluding carboxylic acids is 3. The second-order valence-corrected chi connectivity index (χ2v) is 9.61. The van der Waals surface area contributed by atoms with Gasteiger partial charge in [0.15, 0.2) is 0 Å². The number of hydrogen-bond acceptors (Lipinski definition) is 6. The molecule has 1 saturated carbocycles. The van der Waals surface area contributed by atoms with Crippen molar-refractivity contribution in [1.29, 1.82) is 0 Å². The third-order valence-electron chi connectivity index (χ3n) is 6.66. The highest BCUT2D eigenvalue weighted by Crippen LogP contribution is 2.50. The number of nitrogens with one attached hydrogen (secondary N) is 2. The molecule has 2 heterocycles. The van der Waals surface area contributed by atoms with Gasteiger partial charge in [0.2, 0.25) is 16.9 Å². The van der Waals surface area contributed by atoms with Crippen LogP contribution in [0.5, 0.6) is 0 Å². The molecule has 4 amide bonds. The molecule has 2 aromatic rings. The van der Waals surface area contributed by atoms with Gasteiger partial charge in [-0.05, 0) is 36.7 Å². The van der Waals surface area contributed by atoms with Gasteiger partial charge in [-0.1, -0.05) is 60.7 Å². The van der Waals surface area contributed by atoms with Crippen molar-refractivity contribution in [2.24, 2.45) is 23.7 Å². The Morgan fingerprint density at radius 3 is 2.31 bits per heavy atom. The summed E-state index contributed by atoms with van der Waals surface area (Å²) in [6.07, 6.45) is 6.35. The second kappa shape index (κ2) is 8.46. The minimum Gasteiger partial charge on any atom is -0.317 e. The zero-order chi connectivity index (χ0) is 22.2. The number of carbonyl (C=O) groups is 3. The lowest BCUT2D eigenvalue weighted by Gasteiger charge is -2.38. The number of rotatable bonds is 6. The Labute approximate surface area is 190 Å². The van der Waals surface area contributed by atoms with E-state index < -0.39 is 12.2 Å². The molecular formula is C23H25N5O3S. The van der Waals surface area contributed by atoms with Gasteiger partial charge >= 0.3 is 6.03 Å². The van der Waals surface area contributed by atoms with E-state index >= 15 is 0 Å². The molecule has 1 aromatic heterocycles. The smallest absolute Gasteiger partial charge is 0.317 e. The predicted octanol–water partition coefficient (Wildman–Crippen LogP) is 2.99. The van der Waals surface area contributed by atoms with Crippen molar-refractivity contribution in [2.75, 3.05) is 5.32 Å². The van der Waals surface area contributed by atoms with E-state index in [0.29, 0.717) is 11.6 Å². The highest BCUT2D eigenvalue weighted by atomic mass is 32.1. The third kappa shape index (κ3) is 3.70. The molecule has 2 fully saturated rings. The van der Waals surface area contributed by atoms with Gasteiger partial charge in [-0.25, -0.2) is 4.79 Å². The number of nitrogens with zero attached hydrogens (tertiary/aromatic N) is 3. The maximum absolute atomic E-state index is 13.4. The molecular weight excluding hydrogens is 426 g/mol. The molecule has 0 unspecified atom stereocenters. The van der Waals surface area contributed by atoms with E-state index in [1.165, 1.54) is 16.2 Å². The first-order valence-electron chi connectivity index (χ1n) is 11.0. The largest absolute Gasteiger partial charge is 0.322 e. The predicted molar refractivity (Wildman–Crippen MR) is 120 cm³/mol. The Morgan fingerprint density at radius 2 is 1.75 bits per heavy atom. The SMILES string of the molecule is CCc1nnc(NC(=O)N[C@@H](Cc2ccccc2)N2C(=O)[C@@H]3[C@H](C2=O)[C@H]2C=C[C@H]3CC2)s1. The van der Waals surface area contributed by atoms with Crippen LogP contribution in [0.1, 0.15) is 30.3 Å². The fourth-order valence-electron chi connectivity index (χ4n) is 5.18. The standard InChI is InChI=1S/C23H25N5O3S/c1-2-17-26-27-23(32-17)25-22(31)24-16(12-13-6-4-3-5-7-13)28-20(29)18-14-8-9-15(11-10-14)19(18)21(28)30/h3-9,14-16,18-19H,2,10-12H2,1H3,(H2,24,25,27,31)/t14-,15-,16+,18-,19+/m0/s1. The van der Waals surface area contributed by atoms with Gasteiger partial charge < -0.3 is 5.32 Å². The van der Waals surface area contributed by atoms with Gasteiger partial charge in [0, 0.05) is 6.42 Å². The van der Waals surface area contributed by atoms with Crippen LogP contribution in [0.2, 0.25) is 0 Å². The molecule has 5 atom stereocenters. The van der Waals surface area contributed by atoms with E-state index in [1.54, 1.807) is 0 Å². The fraction of sp³-hybridized carbons (Fsp3) is 0.435. The van der Waals surface area contributed by atoms with Gasteiger partial charge in [-0.2, -0.15) is 0 Å². The number of amides is 4. The first-order chi connectivity index (χ1) is 15.5. The third-order valence-corrected chi connectivity index (χ3v) is 7.65. The lowest BCUT2D eigenvalue weighted by atomic mass is 9.63. The average Bonchev–Trinajstić information content (AvgIpc) is 3.37. The molecule has 0 spiro atoms. The molecule has 6 rings (SSSR count). The quantitative estimate of drug-likeness (QED) is 0.519. The monoisotopic (exact) mass is 451 g/mol. The molecule has 8 nitrogen and oxygen atoms in total. The van der Waals surface area contributed by atoms with Crippen LogP contribution in [0, 0.1) is 23.7 Å². The number of urea groups is 1. The number of likely N-dealkylation sites (tertiary alicyclic amines) is 1. The zero-order valence-corrected chi connectivity index (χ0v) is 18.5. The van der Waals surface area contributed by atoms with Crippen LogP contribution < -0.4 is 10.6 Å². The normalized spacial score (nSPS) is 26.8. The van der Waals surface area contributed by atoms with Crippen LogP contribution in [0.4, 0.5) is 9.93 Å². The summed E-state index contributed by atoms with van der Waals surface area (Å²) in [4.78, 5) is 41.0. The molecule has 2 N–H and O–H groups in total. The van der Waals surface area contributed by atoms with E-state index in [9.17, 15) is 14.4 Å². The maximum atomic E-state index is 13.4. The molecule has 32 heavy (non-hydrogen) atoms. The van der Waals surface area contributed by atoms with E-state index in [4.69, 9.17) is 0 Å². The summed E-state index contributed by atoms with van der Waals surface area (Å²) in [5.41, 5.74) is 0.929. The molecule has 4 aliphatic rings. The van der Waals surface area contributed by atoms with Crippen molar-refractivity contribution in [1.82, 2.24) is 20.4 Å². The van der Waals surface area contributed by atoms with Crippen molar-refractivity contribution in [3.63, 3.8) is 0 Å². The van der Waals surface area contributed by atoms with Crippen LogP contribution in [-0.4, -0.2) is 39.1 Å². The number of benzene rings is 1. The molecule has 1 aliphatic heterocycles. The van der Waals surface area contributed by atoms with Crippen molar-refractivity contribution < 1.29 is 14.4 Å². The zero-order valence-electron chi connectivity index (χ0n) is 17.7. The summed E-state index contributed by atoms with van der Waals surface area (Å²) >= 11 is 1.30. The van der Waals surface area contributed by atoms with Gasteiger partial charge in [-0.3, -0.25) is 19.8 Å². The molecule has 3 aliphatic carbocycles. The Morgan fingerprint density at radius 1 is 1.09 bits per heavy atom. The fourth-order valence-corrected chi connectivity index (χ4v) is 5.85. The number of aryl methyl sites for hydroxylation is 1. The van der Waals surface area contributed by atoms with Gasteiger partial charge in [0.25, 0.3) is 0 Å². The van der Waals surface area contributed by atoms with Crippen LogP contribution in [0.3, 0.4) is 0 Å². The van der Waals surface area contributed by atoms with Gasteiger partial charge in [-0.15, -0.1) is 10.2 Å². The number of aromatic nitrogens is 2. The van der Waals surface area contributed by atoms with E-state index in [1.807, 2.05) is 37.3 Å².